The minimum atomic E-state index is -3.61. The van der Waals surface area contributed by atoms with Crippen LogP contribution in [0.25, 0.3) is 0 Å². The lowest BCUT2D eigenvalue weighted by Gasteiger charge is -2.28. The fourth-order valence-electron chi connectivity index (χ4n) is 1.83. The third kappa shape index (κ3) is 5.24. The van der Waals surface area contributed by atoms with E-state index in [0.29, 0.717) is 0 Å². The highest BCUT2D eigenvalue weighted by atomic mass is 32.2. The molecule has 1 saturated heterocycles. The zero-order valence-electron chi connectivity index (χ0n) is 12.3. The highest BCUT2D eigenvalue weighted by molar-refractivity contribution is 7.86. The molecule has 20 heavy (non-hydrogen) atoms. The molecule has 0 radical (unpaired) electrons. The SMILES string of the molecule is CCS(=O)(=O)OC[C@H]1C[C@H](F)CN1C(=O)OC(C)(C)C. The number of halogens is 1. The Labute approximate surface area is 119 Å². The third-order valence-electron chi connectivity index (χ3n) is 2.78. The van der Waals surface area contributed by atoms with Crippen molar-refractivity contribution in [3.63, 3.8) is 0 Å². The Bertz CT molecular complexity index is 445. The maximum Gasteiger partial charge on any atom is 0.410 e. The van der Waals surface area contributed by atoms with Crippen molar-refractivity contribution in [2.45, 2.75) is 51.9 Å². The molecule has 8 heteroatoms. The van der Waals surface area contributed by atoms with E-state index < -0.39 is 34.0 Å². The minimum absolute atomic E-state index is 0.0540. The number of rotatable bonds is 4. The summed E-state index contributed by atoms with van der Waals surface area (Å²) in [6.45, 7) is 6.24. The molecule has 6 nitrogen and oxygen atoms in total. The molecule has 0 saturated carbocycles. The van der Waals surface area contributed by atoms with Crippen molar-refractivity contribution in [2.24, 2.45) is 0 Å². The van der Waals surface area contributed by atoms with Gasteiger partial charge in [0.1, 0.15) is 11.8 Å². The molecule has 1 rings (SSSR count). The predicted molar refractivity (Wildman–Crippen MR) is 71.7 cm³/mol. The van der Waals surface area contributed by atoms with Crippen molar-refractivity contribution in [2.75, 3.05) is 18.9 Å². The number of amides is 1. The van der Waals surface area contributed by atoms with E-state index in [1.54, 1.807) is 20.8 Å². The smallest absolute Gasteiger partial charge is 0.410 e. The molecule has 1 amide bonds. The van der Waals surface area contributed by atoms with Gasteiger partial charge in [-0.1, -0.05) is 0 Å². The summed E-state index contributed by atoms with van der Waals surface area (Å²) in [5.41, 5.74) is -0.688. The van der Waals surface area contributed by atoms with Crippen molar-refractivity contribution < 1.29 is 26.5 Å². The molecule has 1 aliphatic rings. The van der Waals surface area contributed by atoms with Crippen molar-refractivity contribution in [3.05, 3.63) is 0 Å². The largest absolute Gasteiger partial charge is 0.444 e. The van der Waals surface area contributed by atoms with Gasteiger partial charge in [0.05, 0.1) is 24.9 Å². The van der Waals surface area contributed by atoms with Gasteiger partial charge in [-0.15, -0.1) is 0 Å². The van der Waals surface area contributed by atoms with Gasteiger partial charge in [-0.05, 0) is 27.7 Å². The van der Waals surface area contributed by atoms with Crippen LogP contribution in [0.1, 0.15) is 34.1 Å². The molecule has 1 fully saturated rings. The first-order valence-corrected chi connectivity index (χ1v) is 8.12. The Morgan fingerprint density at radius 1 is 1.40 bits per heavy atom. The van der Waals surface area contributed by atoms with Crippen LogP contribution in [-0.2, 0) is 19.0 Å². The maximum absolute atomic E-state index is 13.5. The van der Waals surface area contributed by atoms with E-state index in [1.165, 1.54) is 11.8 Å². The number of ether oxygens (including phenoxy) is 1. The lowest BCUT2D eigenvalue weighted by Crippen LogP contribution is -2.42. The second-order valence-electron chi connectivity index (χ2n) is 5.75. The summed E-state index contributed by atoms with van der Waals surface area (Å²) in [5.74, 6) is -0.161. The quantitative estimate of drug-likeness (QED) is 0.739. The summed E-state index contributed by atoms with van der Waals surface area (Å²) in [6.07, 6.45) is -1.79. The highest BCUT2D eigenvalue weighted by Crippen LogP contribution is 2.23. The van der Waals surface area contributed by atoms with E-state index in [0.717, 1.165) is 0 Å². The molecule has 0 unspecified atom stereocenters. The van der Waals surface area contributed by atoms with Gasteiger partial charge in [0.15, 0.2) is 0 Å². The summed E-state index contributed by atoms with van der Waals surface area (Å²) in [7, 11) is -3.61. The molecular formula is C12H22FNO5S. The second kappa shape index (κ2) is 6.26. The van der Waals surface area contributed by atoms with Crippen molar-refractivity contribution >= 4 is 16.2 Å². The van der Waals surface area contributed by atoms with Gasteiger partial charge in [-0.3, -0.25) is 9.08 Å². The summed E-state index contributed by atoms with van der Waals surface area (Å²) in [4.78, 5) is 13.1. The zero-order valence-corrected chi connectivity index (χ0v) is 13.1. The molecule has 0 aliphatic carbocycles. The molecular weight excluding hydrogens is 289 g/mol. The Kier molecular flexibility index (Phi) is 5.37. The Balaban J connectivity index is 2.67. The van der Waals surface area contributed by atoms with Crippen molar-refractivity contribution in [3.8, 4) is 0 Å². The van der Waals surface area contributed by atoms with Crippen LogP contribution in [-0.4, -0.2) is 56.1 Å². The van der Waals surface area contributed by atoms with Gasteiger partial charge in [0.2, 0.25) is 0 Å². The molecule has 0 aromatic heterocycles. The summed E-state index contributed by atoms with van der Waals surface area (Å²) >= 11 is 0. The molecule has 1 aliphatic heterocycles. The fraction of sp³-hybridized carbons (Fsp3) is 0.917. The number of hydrogen-bond acceptors (Lipinski definition) is 5. The maximum atomic E-state index is 13.5. The normalized spacial score (nSPS) is 23.9. The number of alkyl halides is 1. The number of likely N-dealkylation sites (tertiary alicyclic amines) is 1. The van der Waals surface area contributed by atoms with E-state index in [4.69, 9.17) is 8.92 Å². The highest BCUT2D eigenvalue weighted by Gasteiger charge is 2.38. The summed E-state index contributed by atoms with van der Waals surface area (Å²) in [5, 5.41) is 0. The molecule has 0 bridgehead atoms. The average Bonchev–Trinajstić information content (AvgIpc) is 2.66. The fourth-order valence-corrected chi connectivity index (χ4v) is 2.36. The molecule has 0 aromatic rings. The van der Waals surface area contributed by atoms with Crippen LogP contribution in [0.15, 0.2) is 0 Å². The second-order valence-corrected chi connectivity index (χ2v) is 7.68. The lowest BCUT2D eigenvalue weighted by atomic mass is 10.2. The molecule has 1 heterocycles. The molecule has 2 atom stereocenters. The molecule has 0 N–H and O–H groups in total. The first kappa shape index (κ1) is 17.2. The van der Waals surface area contributed by atoms with E-state index in [1.807, 2.05) is 0 Å². The number of carbonyl (C=O) groups excluding carboxylic acids is 1. The topological polar surface area (TPSA) is 72.9 Å². The van der Waals surface area contributed by atoms with Gasteiger partial charge in [0.25, 0.3) is 10.1 Å². The van der Waals surface area contributed by atoms with Gasteiger partial charge in [-0.2, -0.15) is 8.42 Å². The number of carbonyl (C=O) groups is 1. The van der Waals surface area contributed by atoms with E-state index >= 15 is 0 Å². The van der Waals surface area contributed by atoms with Gasteiger partial charge in [0, 0.05) is 6.42 Å². The Hall–Kier alpha value is -0.890. The minimum Gasteiger partial charge on any atom is -0.444 e. The van der Waals surface area contributed by atoms with Crippen molar-refractivity contribution in [1.82, 2.24) is 4.90 Å². The van der Waals surface area contributed by atoms with Crippen LogP contribution < -0.4 is 0 Å². The number of hydrogen-bond donors (Lipinski definition) is 0. The molecule has 118 valence electrons. The van der Waals surface area contributed by atoms with E-state index in [9.17, 15) is 17.6 Å². The Morgan fingerprint density at radius 3 is 2.50 bits per heavy atom. The predicted octanol–water partition coefficient (Wildman–Crippen LogP) is 1.70. The lowest BCUT2D eigenvalue weighted by molar-refractivity contribution is 0.0182. The Morgan fingerprint density at radius 2 is 2.00 bits per heavy atom. The van der Waals surface area contributed by atoms with Crippen LogP contribution >= 0.6 is 0 Å². The first-order valence-electron chi connectivity index (χ1n) is 6.55. The van der Waals surface area contributed by atoms with Gasteiger partial charge < -0.3 is 4.74 Å². The summed E-state index contributed by atoms with van der Waals surface area (Å²) < 4.78 is 46.0. The zero-order chi connectivity index (χ0) is 15.6. The van der Waals surface area contributed by atoms with Gasteiger partial charge >= 0.3 is 6.09 Å². The van der Waals surface area contributed by atoms with Crippen LogP contribution in [0.5, 0.6) is 0 Å². The monoisotopic (exact) mass is 311 g/mol. The standard InChI is InChI=1S/C12H22FNO5S/c1-5-20(16,17)18-8-10-6-9(13)7-14(10)11(15)19-12(2,3)4/h9-10H,5-8H2,1-4H3/t9-,10+/m0/s1. The molecule has 0 aromatic carbocycles. The van der Waals surface area contributed by atoms with Crippen LogP contribution in [0.2, 0.25) is 0 Å². The first-order chi connectivity index (χ1) is 9.04. The van der Waals surface area contributed by atoms with Crippen LogP contribution in [0, 0.1) is 0 Å². The van der Waals surface area contributed by atoms with Crippen LogP contribution in [0.3, 0.4) is 0 Å². The average molecular weight is 311 g/mol. The third-order valence-corrected chi connectivity index (χ3v) is 3.99. The van der Waals surface area contributed by atoms with E-state index in [2.05, 4.69) is 0 Å². The van der Waals surface area contributed by atoms with Crippen molar-refractivity contribution in [1.29, 1.82) is 0 Å². The number of nitrogens with zero attached hydrogens (tertiary/aromatic N) is 1. The summed E-state index contributed by atoms with van der Waals surface area (Å²) in [6, 6.07) is -0.624. The van der Waals surface area contributed by atoms with Gasteiger partial charge in [-0.25, -0.2) is 9.18 Å². The van der Waals surface area contributed by atoms with E-state index in [-0.39, 0.29) is 25.3 Å². The molecule has 0 spiro atoms. The van der Waals surface area contributed by atoms with Crippen LogP contribution in [0.4, 0.5) is 9.18 Å².